The summed E-state index contributed by atoms with van der Waals surface area (Å²) in [6, 6.07) is 8.33. The molecule has 2 unspecified atom stereocenters. The number of rotatable bonds is 3. The Bertz CT molecular complexity index is 380. The van der Waals surface area contributed by atoms with Gasteiger partial charge in [0.2, 0.25) is 0 Å². The SMILES string of the molecule is CCc1ccc(C2(C)CC2C(=O)O)cc1. The zero-order valence-corrected chi connectivity index (χ0v) is 9.16. The van der Waals surface area contributed by atoms with E-state index in [2.05, 4.69) is 31.2 Å². The molecule has 0 saturated heterocycles. The molecular formula is C13H16O2. The lowest BCUT2D eigenvalue weighted by Crippen LogP contribution is -2.10. The van der Waals surface area contributed by atoms with Crippen LogP contribution in [0.5, 0.6) is 0 Å². The standard InChI is InChI=1S/C13H16O2/c1-3-9-4-6-10(7-5-9)13(2)8-11(13)12(14)15/h4-7,11H,3,8H2,1-2H3,(H,14,15). The third-order valence-electron chi connectivity index (χ3n) is 3.56. The molecule has 1 aromatic carbocycles. The first-order valence-corrected chi connectivity index (χ1v) is 5.40. The monoisotopic (exact) mass is 204 g/mol. The fourth-order valence-corrected chi connectivity index (χ4v) is 2.17. The van der Waals surface area contributed by atoms with Crippen LogP contribution in [0.25, 0.3) is 0 Å². The summed E-state index contributed by atoms with van der Waals surface area (Å²) >= 11 is 0. The molecule has 1 fully saturated rings. The second kappa shape index (κ2) is 3.37. The number of carbonyl (C=O) groups is 1. The number of hydrogen-bond donors (Lipinski definition) is 1. The fourth-order valence-electron chi connectivity index (χ4n) is 2.17. The molecule has 2 atom stereocenters. The predicted molar refractivity (Wildman–Crippen MR) is 58.9 cm³/mol. The van der Waals surface area contributed by atoms with Crippen LogP contribution in [0.2, 0.25) is 0 Å². The molecular weight excluding hydrogens is 188 g/mol. The van der Waals surface area contributed by atoms with Crippen LogP contribution in [0.4, 0.5) is 0 Å². The third kappa shape index (κ3) is 1.65. The minimum atomic E-state index is -0.669. The molecule has 2 nitrogen and oxygen atoms in total. The minimum Gasteiger partial charge on any atom is -0.481 e. The molecule has 1 N–H and O–H groups in total. The second-order valence-electron chi connectivity index (χ2n) is 4.56. The van der Waals surface area contributed by atoms with Crippen molar-refractivity contribution in [3.63, 3.8) is 0 Å². The first-order valence-electron chi connectivity index (χ1n) is 5.40. The molecule has 2 rings (SSSR count). The molecule has 0 aromatic heterocycles. The smallest absolute Gasteiger partial charge is 0.307 e. The average molecular weight is 204 g/mol. The second-order valence-corrected chi connectivity index (χ2v) is 4.56. The molecule has 1 aromatic rings. The van der Waals surface area contributed by atoms with Gasteiger partial charge in [-0.15, -0.1) is 0 Å². The van der Waals surface area contributed by atoms with Crippen molar-refractivity contribution in [3.8, 4) is 0 Å². The largest absolute Gasteiger partial charge is 0.481 e. The van der Waals surface area contributed by atoms with Crippen LogP contribution < -0.4 is 0 Å². The van der Waals surface area contributed by atoms with Crippen molar-refractivity contribution in [3.05, 3.63) is 35.4 Å². The molecule has 0 heterocycles. The van der Waals surface area contributed by atoms with Crippen molar-refractivity contribution in [2.24, 2.45) is 5.92 Å². The molecule has 15 heavy (non-hydrogen) atoms. The highest BCUT2D eigenvalue weighted by Crippen LogP contribution is 2.53. The number of aliphatic carboxylic acids is 1. The van der Waals surface area contributed by atoms with Crippen LogP contribution in [-0.2, 0) is 16.6 Å². The molecule has 1 aliphatic carbocycles. The lowest BCUT2D eigenvalue weighted by Gasteiger charge is -2.10. The predicted octanol–water partition coefficient (Wildman–Crippen LogP) is 2.61. The Hall–Kier alpha value is -1.31. The van der Waals surface area contributed by atoms with Crippen molar-refractivity contribution in [1.29, 1.82) is 0 Å². The molecule has 80 valence electrons. The summed E-state index contributed by atoms with van der Waals surface area (Å²) < 4.78 is 0. The normalized spacial score (nSPS) is 28.8. The maximum Gasteiger partial charge on any atom is 0.307 e. The molecule has 0 radical (unpaired) electrons. The van der Waals surface area contributed by atoms with E-state index in [4.69, 9.17) is 5.11 Å². The van der Waals surface area contributed by atoms with Crippen molar-refractivity contribution in [1.82, 2.24) is 0 Å². The average Bonchev–Trinajstić information content (AvgIpc) is 2.93. The van der Waals surface area contributed by atoms with E-state index in [1.165, 1.54) is 5.56 Å². The first kappa shape index (κ1) is 10.2. The zero-order valence-electron chi connectivity index (χ0n) is 9.16. The van der Waals surface area contributed by atoms with Gasteiger partial charge in [-0.05, 0) is 24.0 Å². The molecule has 0 amide bonds. The van der Waals surface area contributed by atoms with E-state index in [0.29, 0.717) is 0 Å². The summed E-state index contributed by atoms with van der Waals surface area (Å²) in [5.41, 5.74) is 2.33. The lowest BCUT2D eigenvalue weighted by molar-refractivity contribution is -0.138. The molecule has 2 heteroatoms. The zero-order chi connectivity index (χ0) is 11.1. The summed E-state index contributed by atoms with van der Waals surface area (Å²) in [5.74, 6) is -0.859. The number of hydrogen-bond acceptors (Lipinski definition) is 1. The molecule has 0 bridgehead atoms. The van der Waals surface area contributed by atoms with Crippen molar-refractivity contribution < 1.29 is 9.90 Å². The topological polar surface area (TPSA) is 37.3 Å². The van der Waals surface area contributed by atoms with Gasteiger partial charge in [0.05, 0.1) is 5.92 Å². The van der Waals surface area contributed by atoms with Gasteiger partial charge < -0.3 is 5.11 Å². The summed E-state index contributed by atoms with van der Waals surface area (Å²) in [5, 5.41) is 8.95. The molecule has 0 aliphatic heterocycles. The Kier molecular flexibility index (Phi) is 2.29. The van der Waals surface area contributed by atoms with Crippen LogP contribution in [0.1, 0.15) is 31.4 Å². The Morgan fingerprint density at radius 2 is 2.07 bits per heavy atom. The van der Waals surface area contributed by atoms with Gasteiger partial charge in [-0.1, -0.05) is 38.1 Å². The van der Waals surface area contributed by atoms with E-state index in [9.17, 15) is 4.79 Å². The van der Waals surface area contributed by atoms with E-state index < -0.39 is 5.97 Å². The van der Waals surface area contributed by atoms with Gasteiger partial charge in [-0.2, -0.15) is 0 Å². The van der Waals surface area contributed by atoms with Gasteiger partial charge in [-0.3, -0.25) is 4.79 Å². The highest BCUT2D eigenvalue weighted by molar-refractivity contribution is 5.77. The summed E-state index contributed by atoms with van der Waals surface area (Å²) in [4.78, 5) is 10.9. The molecule has 1 aliphatic rings. The fraction of sp³-hybridized carbons (Fsp3) is 0.462. The Morgan fingerprint density at radius 1 is 1.47 bits per heavy atom. The maximum absolute atomic E-state index is 10.9. The molecule has 0 spiro atoms. The third-order valence-corrected chi connectivity index (χ3v) is 3.56. The quantitative estimate of drug-likeness (QED) is 0.821. The van der Waals surface area contributed by atoms with Crippen molar-refractivity contribution in [2.75, 3.05) is 0 Å². The number of carboxylic acids is 1. The van der Waals surface area contributed by atoms with Crippen LogP contribution in [0.3, 0.4) is 0 Å². The number of carboxylic acid groups (broad SMARTS) is 1. The minimum absolute atomic E-state index is 0.127. The van der Waals surface area contributed by atoms with Gasteiger partial charge in [0.15, 0.2) is 0 Å². The number of benzene rings is 1. The van der Waals surface area contributed by atoms with Gasteiger partial charge in [0, 0.05) is 5.41 Å². The van der Waals surface area contributed by atoms with E-state index in [1.807, 2.05) is 6.92 Å². The number of aryl methyl sites for hydroxylation is 1. The van der Waals surface area contributed by atoms with E-state index in [0.717, 1.165) is 18.4 Å². The highest BCUT2D eigenvalue weighted by Gasteiger charge is 2.55. The van der Waals surface area contributed by atoms with Gasteiger partial charge in [-0.25, -0.2) is 0 Å². The van der Waals surface area contributed by atoms with Crippen molar-refractivity contribution >= 4 is 5.97 Å². The Labute approximate surface area is 89.9 Å². The van der Waals surface area contributed by atoms with Crippen LogP contribution >= 0.6 is 0 Å². The van der Waals surface area contributed by atoms with Crippen molar-refractivity contribution in [2.45, 2.75) is 32.1 Å². The maximum atomic E-state index is 10.9. The lowest BCUT2D eigenvalue weighted by atomic mass is 9.94. The van der Waals surface area contributed by atoms with Crippen LogP contribution in [0.15, 0.2) is 24.3 Å². The van der Waals surface area contributed by atoms with E-state index >= 15 is 0 Å². The van der Waals surface area contributed by atoms with Crippen LogP contribution in [-0.4, -0.2) is 11.1 Å². The Balaban J connectivity index is 2.21. The van der Waals surface area contributed by atoms with E-state index in [1.54, 1.807) is 0 Å². The van der Waals surface area contributed by atoms with E-state index in [-0.39, 0.29) is 11.3 Å². The first-order chi connectivity index (χ1) is 7.08. The van der Waals surface area contributed by atoms with Gasteiger partial charge >= 0.3 is 5.97 Å². The Morgan fingerprint density at radius 3 is 2.47 bits per heavy atom. The van der Waals surface area contributed by atoms with Gasteiger partial charge in [0.25, 0.3) is 0 Å². The molecule has 1 saturated carbocycles. The highest BCUT2D eigenvalue weighted by atomic mass is 16.4. The summed E-state index contributed by atoms with van der Waals surface area (Å²) in [6.07, 6.45) is 1.80. The van der Waals surface area contributed by atoms with Crippen LogP contribution in [0, 0.1) is 5.92 Å². The summed E-state index contributed by atoms with van der Waals surface area (Å²) in [7, 11) is 0. The summed E-state index contributed by atoms with van der Waals surface area (Å²) in [6.45, 7) is 4.15. The van der Waals surface area contributed by atoms with Gasteiger partial charge in [0.1, 0.15) is 0 Å².